The molecular formula is C13H14N4O3. The zero-order chi connectivity index (χ0) is 14.4. The SMILES string of the molecule is Cc1cc(C)n2ncc(C(=O)N3CC(C(=O)O)C3)c2n1. The molecule has 0 saturated carbocycles. The molecule has 3 heterocycles. The van der Waals surface area contributed by atoms with E-state index in [-0.39, 0.29) is 19.0 Å². The Bertz CT molecular complexity index is 716. The van der Waals surface area contributed by atoms with E-state index in [9.17, 15) is 9.59 Å². The third kappa shape index (κ3) is 1.82. The van der Waals surface area contributed by atoms with Gasteiger partial charge < -0.3 is 10.0 Å². The van der Waals surface area contributed by atoms with Crippen LogP contribution >= 0.6 is 0 Å². The molecule has 1 fully saturated rings. The molecule has 7 heteroatoms. The maximum absolute atomic E-state index is 12.3. The van der Waals surface area contributed by atoms with Crippen molar-refractivity contribution in [1.82, 2.24) is 19.5 Å². The predicted molar refractivity (Wildman–Crippen MR) is 69.5 cm³/mol. The Kier molecular flexibility index (Phi) is 2.70. The van der Waals surface area contributed by atoms with Gasteiger partial charge in [0.25, 0.3) is 5.91 Å². The number of carbonyl (C=O) groups is 2. The van der Waals surface area contributed by atoms with E-state index in [0.717, 1.165) is 11.4 Å². The smallest absolute Gasteiger partial charge is 0.310 e. The summed E-state index contributed by atoms with van der Waals surface area (Å²) in [5, 5.41) is 13.0. The van der Waals surface area contributed by atoms with Crippen LogP contribution in [0.15, 0.2) is 12.3 Å². The van der Waals surface area contributed by atoms with E-state index in [4.69, 9.17) is 5.11 Å². The van der Waals surface area contributed by atoms with Gasteiger partial charge in [0.2, 0.25) is 0 Å². The Balaban J connectivity index is 1.92. The molecule has 0 aliphatic carbocycles. The second kappa shape index (κ2) is 4.29. The summed E-state index contributed by atoms with van der Waals surface area (Å²) >= 11 is 0. The molecule has 1 aliphatic heterocycles. The summed E-state index contributed by atoms with van der Waals surface area (Å²) in [7, 11) is 0. The monoisotopic (exact) mass is 274 g/mol. The molecule has 0 aromatic carbocycles. The summed E-state index contributed by atoms with van der Waals surface area (Å²) < 4.78 is 1.62. The van der Waals surface area contributed by atoms with E-state index in [1.165, 1.54) is 11.1 Å². The number of carboxylic acid groups (broad SMARTS) is 1. The second-order valence-electron chi connectivity index (χ2n) is 5.08. The minimum atomic E-state index is -0.862. The Labute approximate surface area is 114 Å². The van der Waals surface area contributed by atoms with Gasteiger partial charge in [0.05, 0.1) is 12.1 Å². The van der Waals surface area contributed by atoms with Crippen LogP contribution in [0.4, 0.5) is 0 Å². The average Bonchev–Trinajstić information content (AvgIpc) is 2.69. The standard InChI is InChI=1S/C13H14N4O3/c1-7-3-8(2)17-11(15-7)10(4-14-17)12(18)16-5-9(6-16)13(19)20/h3-4,9H,5-6H2,1-2H3,(H,19,20). The molecule has 0 atom stereocenters. The molecule has 2 aromatic heterocycles. The first-order chi connectivity index (χ1) is 9.47. The van der Waals surface area contributed by atoms with Gasteiger partial charge >= 0.3 is 5.97 Å². The first-order valence-electron chi connectivity index (χ1n) is 6.31. The van der Waals surface area contributed by atoms with E-state index in [1.807, 2.05) is 19.9 Å². The number of nitrogens with zero attached hydrogens (tertiary/aromatic N) is 4. The Morgan fingerprint density at radius 3 is 2.70 bits per heavy atom. The zero-order valence-electron chi connectivity index (χ0n) is 11.2. The summed E-state index contributed by atoms with van der Waals surface area (Å²) in [5.74, 6) is -1.54. The molecule has 1 N–H and O–H groups in total. The van der Waals surface area contributed by atoms with Crippen molar-refractivity contribution in [2.24, 2.45) is 5.92 Å². The van der Waals surface area contributed by atoms with Crippen molar-refractivity contribution < 1.29 is 14.7 Å². The first-order valence-corrected chi connectivity index (χ1v) is 6.31. The molecule has 0 bridgehead atoms. The number of hydrogen-bond acceptors (Lipinski definition) is 4. The van der Waals surface area contributed by atoms with Crippen molar-refractivity contribution in [3.05, 3.63) is 29.2 Å². The minimum absolute atomic E-state index is 0.213. The lowest BCUT2D eigenvalue weighted by molar-refractivity contribution is -0.146. The second-order valence-corrected chi connectivity index (χ2v) is 5.08. The largest absolute Gasteiger partial charge is 0.481 e. The van der Waals surface area contributed by atoms with Gasteiger partial charge in [-0.3, -0.25) is 9.59 Å². The van der Waals surface area contributed by atoms with Crippen LogP contribution in [0.1, 0.15) is 21.7 Å². The molecule has 2 aromatic rings. The zero-order valence-corrected chi connectivity index (χ0v) is 11.2. The molecule has 104 valence electrons. The maximum Gasteiger partial charge on any atom is 0.310 e. The van der Waals surface area contributed by atoms with Crippen molar-refractivity contribution in [3.63, 3.8) is 0 Å². The van der Waals surface area contributed by atoms with Crippen LogP contribution in [-0.4, -0.2) is 49.6 Å². The number of amides is 1. The van der Waals surface area contributed by atoms with E-state index in [0.29, 0.717) is 11.2 Å². The molecule has 0 unspecified atom stereocenters. The molecule has 7 nitrogen and oxygen atoms in total. The highest BCUT2D eigenvalue weighted by atomic mass is 16.4. The van der Waals surface area contributed by atoms with Crippen molar-refractivity contribution in [2.45, 2.75) is 13.8 Å². The number of aliphatic carboxylic acids is 1. The molecule has 1 saturated heterocycles. The summed E-state index contributed by atoms with van der Waals surface area (Å²) in [4.78, 5) is 29.0. The number of aryl methyl sites for hydroxylation is 2. The number of carboxylic acids is 1. The van der Waals surface area contributed by atoms with Gasteiger partial charge in [0, 0.05) is 24.5 Å². The normalized spacial score (nSPS) is 15.4. The highest BCUT2D eigenvalue weighted by Gasteiger charge is 2.37. The van der Waals surface area contributed by atoms with E-state index < -0.39 is 11.9 Å². The molecule has 1 amide bonds. The number of hydrogen-bond donors (Lipinski definition) is 1. The van der Waals surface area contributed by atoms with Crippen LogP contribution in [-0.2, 0) is 4.79 Å². The lowest BCUT2D eigenvalue weighted by atomic mass is 10.00. The fourth-order valence-electron chi connectivity index (χ4n) is 2.39. The number of rotatable bonds is 2. The first kappa shape index (κ1) is 12.6. The van der Waals surface area contributed by atoms with Crippen LogP contribution in [0.3, 0.4) is 0 Å². The van der Waals surface area contributed by atoms with Crippen LogP contribution < -0.4 is 0 Å². The van der Waals surface area contributed by atoms with Crippen molar-refractivity contribution >= 4 is 17.5 Å². The molecule has 1 aliphatic rings. The minimum Gasteiger partial charge on any atom is -0.481 e. The van der Waals surface area contributed by atoms with E-state index >= 15 is 0 Å². The Morgan fingerprint density at radius 1 is 1.35 bits per heavy atom. The molecular weight excluding hydrogens is 260 g/mol. The third-order valence-electron chi connectivity index (χ3n) is 3.53. The number of fused-ring (bicyclic) bond motifs is 1. The van der Waals surface area contributed by atoms with E-state index in [2.05, 4.69) is 10.1 Å². The van der Waals surface area contributed by atoms with Crippen LogP contribution in [0, 0.1) is 19.8 Å². The van der Waals surface area contributed by atoms with Gasteiger partial charge in [-0.1, -0.05) is 0 Å². The number of likely N-dealkylation sites (tertiary alicyclic amines) is 1. The van der Waals surface area contributed by atoms with Crippen LogP contribution in [0.2, 0.25) is 0 Å². The average molecular weight is 274 g/mol. The summed E-state index contributed by atoms with van der Waals surface area (Å²) in [5.41, 5.74) is 2.65. The number of carbonyl (C=O) groups excluding carboxylic acids is 1. The summed E-state index contributed by atoms with van der Waals surface area (Å²) in [6, 6.07) is 1.89. The predicted octanol–water partition coefficient (Wildman–Crippen LogP) is 0.503. The highest BCUT2D eigenvalue weighted by molar-refractivity contribution is 6.00. The topological polar surface area (TPSA) is 87.8 Å². The van der Waals surface area contributed by atoms with Gasteiger partial charge in [-0.05, 0) is 19.9 Å². The van der Waals surface area contributed by atoms with Gasteiger partial charge in [-0.25, -0.2) is 9.50 Å². The van der Waals surface area contributed by atoms with Gasteiger partial charge in [0.15, 0.2) is 5.65 Å². The lowest BCUT2D eigenvalue weighted by Crippen LogP contribution is -2.53. The van der Waals surface area contributed by atoms with E-state index in [1.54, 1.807) is 4.52 Å². The summed E-state index contributed by atoms with van der Waals surface area (Å²) in [6.45, 7) is 4.25. The quantitative estimate of drug-likeness (QED) is 0.861. The van der Waals surface area contributed by atoms with Crippen molar-refractivity contribution in [3.8, 4) is 0 Å². The van der Waals surface area contributed by atoms with Crippen LogP contribution in [0.25, 0.3) is 5.65 Å². The van der Waals surface area contributed by atoms with Gasteiger partial charge in [-0.15, -0.1) is 0 Å². The van der Waals surface area contributed by atoms with Crippen molar-refractivity contribution in [2.75, 3.05) is 13.1 Å². The lowest BCUT2D eigenvalue weighted by Gasteiger charge is -2.36. The molecule has 20 heavy (non-hydrogen) atoms. The molecule has 3 rings (SSSR count). The fourth-order valence-corrected chi connectivity index (χ4v) is 2.39. The summed E-state index contributed by atoms with van der Waals surface area (Å²) in [6.07, 6.45) is 1.49. The third-order valence-corrected chi connectivity index (χ3v) is 3.53. The van der Waals surface area contributed by atoms with Gasteiger partial charge in [0.1, 0.15) is 5.56 Å². The molecule has 0 radical (unpaired) electrons. The Hall–Kier alpha value is -2.44. The fraction of sp³-hybridized carbons (Fsp3) is 0.385. The number of aromatic nitrogens is 3. The van der Waals surface area contributed by atoms with Crippen molar-refractivity contribution in [1.29, 1.82) is 0 Å². The van der Waals surface area contributed by atoms with Gasteiger partial charge in [-0.2, -0.15) is 5.10 Å². The highest BCUT2D eigenvalue weighted by Crippen LogP contribution is 2.21. The van der Waals surface area contributed by atoms with Crippen LogP contribution in [0.5, 0.6) is 0 Å². The Morgan fingerprint density at radius 2 is 2.05 bits per heavy atom. The molecule has 0 spiro atoms. The maximum atomic E-state index is 12.3.